The Kier molecular flexibility index (Phi) is 6.52. The zero-order valence-corrected chi connectivity index (χ0v) is 12.0. The van der Waals surface area contributed by atoms with Crippen molar-refractivity contribution in [3.8, 4) is 0 Å². The molecular formula is C14H9Cl2NO4. The Bertz CT molecular complexity index is 638. The number of non-ortho nitro benzene ring substituents is 1. The van der Waals surface area contributed by atoms with Crippen molar-refractivity contribution in [3.05, 3.63) is 75.8 Å². The third-order valence-corrected chi connectivity index (χ3v) is 2.38. The number of carbonyl (C=O) groups excluding carboxylic acids is 2. The highest BCUT2D eigenvalue weighted by molar-refractivity contribution is 6.93. The summed E-state index contributed by atoms with van der Waals surface area (Å²) in [6, 6.07) is 14.4. The van der Waals surface area contributed by atoms with Gasteiger partial charge >= 0.3 is 4.70 Å². The standard InChI is InChI=1S/C13H9NO3.CCl2O/c15-13(10-4-2-1-3-5-10)11-6-8-12(9-7-11)14(16)17;2-1(3)4/h1-9H;. The summed E-state index contributed by atoms with van der Waals surface area (Å²) in [5.74, 6) is -0.138. The molecule has 0 saturated carbocycles. The van der Waals surface area contributed by atoms with Gasteiger partial charge in [-0.15, -0.1) is 0 Å². The fourth-order valence-electron chi connectivity index (χ4n) is 1.49. The summed E-state index contributed by atoms with van der Waals surface area (Å²) in [5.41, 5.74) is 0.998. The number of ketones is 1. The highest BCUT2D eigenvalue weighted by Gasteiger charge is 2.10. The molecule has 0 atom stereocenters. The minimum absolute atomic E-state index is 0.0189. The van der Waals surface area contributed by atoms with Crippen molar-refractivity contribution >= 4 is 39.4 Å². The lowest BCUT2D eigenvalue weighted by molar-refractivity contribution is -0.384. The van der Waals surface area contributed by atoms with E-state index in [0.717, 1.165) is 0 Å². The van der Waals surface area contributed by atoms with E-state index in [2.05, 4.69) is 23.2 Å². The monoisotopic (exact) mass is 325 g/mol. The number of nitro groups is 1. The normalized spacial score (nSPS) is 9.24. The van der Waals surface area contributed by atoms with E-state index in [1.54, 1.807) is 24.3 Å². The van der Waals surface area contributed by atoms with Gasteiger partial charge in [-0.25, -0.2) is 0 Å². The third-order valence-electron chi connectivity index (χ3n) is 2.38. The molecule has 0 spiro atoms. The fourth-order valence-corrected chi connectivity index (χ4v) is 1.49. The van der Waals surface area contributed by atoms with Crippen LogP contribution in [-0.4, -0.2) is 15.4 Å². The molecular weight excluding hydrogens is 317 g/mol. The van der Waals surface area contributed by atoms with Gasteiger partial charge in [0, 0.05) is 23.3 Å². The highest BCUT2D eigenvalue weighted by Crippen LogP contribution is 2.15. The number of rotatable bonds is 3. The first kappa shape index (κ1) is 16.8. The minimum Gasteiger partial charge on any atom is -0.289 e. The van der Waals surface area contributed by atoms with Crippen LogP contribution in [0.5, 0.6) is 0 Å². The Balaban J connectivity index is 0.000000491. The van der Waals surface area contributed by atoms with Crippen molar-refractivity contribution in [1.82, 2.24) is 0 Å². The number of benzene rings is 2. The van der Waals surface area contributed by atoms with Crippen LogP contribution >= 0.6 is 23.2 Å². The van der Waals surface area contributed by atoms with Gasteiger partial charge < -0.3 is 0 Å². The van der Waals surface area contributed by atoms with E-state index in [1.165, 1.54) is 24.3 Å². The maximum Gasteiger partial charge on any atom is 0.313 e. The molecule has 21 heavy (non-hydrogen) atoms. The molecule has 0 fully saturated rings. The second kappa shape index (κ2) is 8.14. The summed E-state index contributed by atoms with van der Waals surface area (Å²) >= 11 is 8.80. The molecule has 0 bridgehead atoms. The van der Waals surface area contributed by atoms with Crippen LogP contribution in [0.4, 0.5) is 10.5 Å². The summed E-state index contributed by atoms with van der Waals surface area (Å²) in [5, 5.41) is 10.5. The van der Waals surface area contributed by atoms with Crippen molar-refractivity contribution in [1.29, 1.82) is 0 Å². The van der Waals surface area contributed by atoms with Gasteiger partial charge in [-0.3, -0.25) is 19.7 Å². The van der Waals surface area contributed by atoms with Gasteiger partial charge in [0.2, 0.25) is 0 Å². The van der Waals surface area contributed by atoms with E-state index < -0.39 is 9.62 Å². The predicted molar refractivity (Wildman–Crippen MR) is 80.1 cm³/mol. The molecule has 0 aromatic heterocycles. The lowest BCUT2D eigenvalue weighted by atomic mass is 10.0. The SMILES string of the molecule is O=C(Cl)Cl.O=C(c1ccccc1)c1ccc([N+](=O)[O-])cc1. The number of nitrogens with zero attached hydrogens (tertiary/aromatic N) is 1. The highest BCUT2D eigenvalue weighted by atomic mass is 35.5. The van der Waals surface area contributed by atoms with Crippen LogP contribution < -0.4 is 0 Å². The molecule has 0 aliphatic carbocycles. The van der Waals surface area contributed by atoms with Crippen molar-refractivity contribution in [2.45, 2.75) is 0 Å². The van der Waals surface area contributed by atoms with Crippen molar-refractivity contribution < 1.29 is 14.5 Å². The lowest BCUT2D eigenvalue weighted by Crippen LogP contribution is -2.00. The van der Waals surface area contributed by atoms with E-state index in [0.29, 0.717) is 11.1 Å². The maximum absolute atomic E-state index is 12.0. The molecule has 2 aromatic carbocycles. The van der Waals surface area contributed by atoms with E-state index in [1.807, 2.05) is 6.07 Å². The van der Waals surface area contributed by atoms with Gasteiger partial charge in [0.1, 0.15) is 0 Å². The van der Waals surface area contributed by atoms with E-state index in [4.69, 9.17) is 4.79 Å². The molecule has 2 rings (SSSR count). The van der Waals surface area contributed by atoms with Crippen LogP contribution in [0.25, 0.3) is 0 Å². The molecule has 2 aromatic rings. The second-order valence-corrected chi connectivity index (χ2v) is 4.60. The fraction of sp³-hybridized carbons (Fsp3) is 0. The second-order valence-electron chi connectivity index (χ2n) is 3.72. The van der Waals surface area contributed by atoms with E-state index in [-0.39, 0.29) is 11.5 Å². The topological polar surface area (TPSA) is 77.3 Å². The average molecular weight is 326 g/mol. The largest absolute Gasteiger partial charge is 0.313 e. The number of carbonyl (C=O) groups is 2. The molecule has 0 saturated heterocycles. The Hall–Kier alpha value is -2.24. The molecule has 0 heterocycles. The Morgan fingerprint density at radius 3 is 1.71 bits per heavy atom. The Morgan fingerprint density at radius 1 is 0.857 bits per heavy atom. The van der Waals surface area contributed by atoms with Crippen LogP contribution in [0.2, 0.25) is 0 Å². The molecule has 0 N–H and O–H groups in total. The van der Waals surface area contributed by atoms with Crippen molar-refractivity contribution in [3.63, 3.8) is 0 Å². The average Bonchev–Trinajstić information content (AvgIpc) is 2.47. The first-order valence-corrected chi connectivity index (χ1v) is 6.36. The van der Waals surface area contributed by atoms with Gasteiger partial charge in [0.05, 0.1) is 4.92 Å². The molecule has 0 radical (unpaired) electrons. The molecule has 108 valence electrons. The predicted octanol–water partition coefficient (Wildman–Crippen LogP) is 4.41. The van der Waals surface area contributed by atoms with Gasteiger partial charge in [0.15, 0.2) is 5.78 Å². The van der Waals surface area contributed by atoms with Crippen molar-refractivity contribution in [2.24, 2.45) is 0 Å². The summed E-state index contributed by atoms with van der Waals surface area (Å²) in [6.07, 6.45) is 0. The summed E-state index contributed by atoms with van der Waals surface area (Å²) in [7, 11) is 0. The molecule has 0 unspecified atom stereocenters. The Morgan fingerprint density at radius 2 is 1.29 bits per heavy atom. The zero-order chi connectivity index (χ0) is 15.8. The zero-order valence-electron chi connectivity index (χ0n) is 10.5. The van der Waals surface area contributed by atoms with E-state index >= 15 is 0 Å². The summed E-state index contributed by atoms with van der Waals surface area (Å²) in [4.78, 5) is 30.9. The number of hydrogen-bond acceptors (Lipinski definition) is 4. The van der Waals surface area contributed by atoms with Gasteiger partial charge in [0.25, 0.3) is 5.69 Å². The van der Waals surface area contributed by atoms with Crippen LogP contribution in [0.1, 0.15) is 15.9 Å². The van der Waals surface area contributed by atoms with Crippen LogP contribution in [0.15, 0.2) is 54.6 Å². The molecule has 0 aliphatic heterocycles. The van der Waals surface area contributed by atoms with Crippen LogP contribution in [0, 0.1) is 10.1 Å². The number of nitro benzene ring substituents is 1. The molecule has 0 amide bonds. The van der Waals surface area contributed by atoms with Crippen LogP contribution in [-0.2, 0) is 0 Å². The number of hydrogen-bond donors (Lipinski definition) is 0. The van der Waals surface area contributed by atoms with Crippen LogP contribution in [0.3, 0.4) is 0 Å². The van der Waals surface area contributed by atoms with Crippen molar-refractivity contribution in [2.75, 3.05) is 0 Å². The smallest absolute Gasteiger partial charge is 0.289 e. The third kappa shape index (κ3) is 5.72. The molecule has 7 heteroatoms. The maximum atomic E-state index is 12.0. The number of halogens is 2. The van der Waals surface area contributed by atoms with Gasteiger partial charge in [-0.2, -0.15) is 0 Å². The minimum atomic E-state index is -0.889. The Labute approximate surface area is 130 Å². The summed E-state index contributed by atoms with van der Waals surface area (Å²) in [6.45, 7) is 0. The quantitative estimate of drug-likeness (QED) is 0.362. The first-order chi connectivity index (χ1) is 9.91. The molecule has 0 aliphatic rings. The lowest BCUT2D eigenvalue weighted by Gasteiger charge is -2.00. The first-order valence-electron chi connectivity index (χ1n) is 5.61. The van der Waals surface area contributed by atoms with Gasteiger partial charge in [-0.1, -0.05) is 30.3 Å². The summed E-state index contributed by atoms with van der Waals surface area (Å²) < 4.78 is -0.889. The van der Waals surface area contributed by atoms with Gasteiger partial charge in [-0.05, 0) is 35.3 Å². The van der Waals surface area contributed by atoms with E-state index in [9.17, 15) is 14.9 Å². The molecule has 5 nitrogen and oxygen atoms in total.